The van der Waals surface area contributed by atoms with Gasteiger partial charge in [0.05, 0.1) is 31.8 Å². The van der Waals surface area contributed by atoms with E-state index in [2.05, 4.69) is 29.4 Å². The minimum Gasteiger partial charge on any atom is -0.497 e. The Balaban J connectivity index is 1.34. The number of hydrazone groups is 1. The van der Waals surface area contributed by atoms with Gasteiger partial charge in [-0.25, -0.2) is 5.01 Å². The van der Waals surface area contributed by atoms with Crippen LogP contribution in [0, 0.1) is 0 Å². The number of nitrogens with zero attached hydrogens (tertiary/aromatic N) is 4. The van der Waals surface area contributed by atoms with E-state index in [0.717, 1.165) is 33.4 Å². The molecule has 1 aliphatic rings. The highest BCUT2D eigenvalue weighted by molar-refractivity contribution is 6.05. The van der Waals surface area contributed by atoms with Crippen LogP contribution in [0.5, 0.6) is 5.75 Å². The van der Waals surface area contributed by atoms with Crippen LogP contribution in [0.1, 0.15) is 30.0 Å². The van der Waals surface area contributed by atoms with E-state index in [4.69, 9.17) is 14.6 Å². The number of carbonyl (C=O) groups is 2. The average Bonchev–Trinajstić information content (AvgIpc) is 3.61. The van der Waals surface area contributed by atoms with Crippen molar-refractivity contribution in [3.63, 3.8) is 0 Å². The normalized spacial score (nSPS) is 15.1. The van der Waals surface area contributed by atoms with E-state index in [9.17, 15) is 9.59 Å². The Kier molecular flexibility index (Phi) is 6.75. The minimum absolute atomic E-state index is 0.127. The van der Waals surface area contributed by atoms with Crippen molar-refractivity contribution < 1.29 is 19.1 Å². The fourth-order valence-electron chi connectivity index (χ4n) is 4.29. The summed E-state index contributed by atoms with van der Waals surface area (Å²) in [4.78, 5) is 25.4. The number of esters is 1. The molecular weight excluding hydrogens is 456 g/mol. The number of carbonyl (C=O) groups excluding carboxylic acids is 2. The maximum atomic E-state index is 13.2. The number of fused-ring (bicyclic) bond motifs is 1. The zero-order valence-corrected chi connectivity index (χ0v) is 19.9. The lowest BCUT2D eigenvalue weighted by Gasteiger charge is -2.22. The molecule has 1 atom stereocenters. The van der Waals surface area contributed by atoms with Crippen LogP contribution >= 0.6 is 0 Å². The molecule has 5 rings (SSSR count). The molecule has 3 aromatic carbocycles. The summed E-state index contributed by atoms with van der Waals surface area (Å²) in [5, 5.41) is 12.4. The molecule has 4 aromatic rings. The molecule has 8 heteroatoms. The molecule has 1 amide bonds. The Labute approximate surface area is 208 Å². The van der Waals surface area contributed by atoms with Crippen molar-refractivity contribution in [1.29, 1.82) is 0 Å². The zero-order chi connectivity index (χ0) is 24.9. The number of methoxy groups -OCH3 is 1. The van der Waals surface area contributed by atoms with Gasteiger partial charge in [-0.2, -0.15) is 10.2 Å². The molecule has 0 aliphatic carbocycles. The smallest absolute Gasteiger partial charge is 0.308 e. The van der Waals surface area contributed by atoms with E-state index in [-0.39, 0.29) is 25.0 Å². The summed E-state index contributed by atoms with van der Waals surface area (Å²) in [6.07, 6.45) is 4.09. The SMILES string of the molecule is COc1ccc([C@H]2CC(c3ccc4ccccc4c3)=NN2C(=O)COC(=O)CCn2cccn2)cc1. The summed E-state index contributed by atoms with van der Waals surface area (Å²) in [5.74, 6) is -0.103. The molecule has 0 N–H and O–H groups in total. The predicted octanol–water partition coefficient (Wildman–Crippen LogP) is 4.36. The molecule has 0 unspecified atom stereocenters. The highest BCUT2D eigenvalue weighted by Crippen LogP contribution is 2.34. The number of amides is 1. The second kappa shape index (κ2) is 10.4. The van der Waals surface area contributed by atoms with Crippen LogP contribution in [-0.2, 0) is 20.9 Å². The monoisotopic (exact) mass is 482 g/mol. The van der Waals surface area contributed by atoms with Gasteiger partial charge in [0.1, 0.15) is 5.75 Å². The summed E-state index contributed by atoms with van der Waals surface area (Å²) in [6, 6.07) is 23.3. The van der Waals surface area contributed by atoms with E-state index >= 15 is 0 Å². The molecule has 1 aromatic heterocycles. The Hall–Kier alpha value is -4.46. The fraction of sp³-hybridized carbons (Fsp3) is 0.214. The minimum atomic E-state index is -0.460. The molecule has 0 fully saturated rings. The zero-order valence-electron chi connectivity index (χ0n) is 19.9. The first-order chi connectivity index (χ1) is 17.6. The molecule has 0 saturated heterocycles. The molecule has 0 bridgehead atoms. The van der Waals surface area contributed by atoms with Crippen LogP contribution in [0.4, 0.5) is 0 Å². The molecule has 0 spiro atoms. The van der Waals surface area contributed by atoms with Gasteiger partial charge in [-0.1, -0.05) is 48.5 Å². The first kappa shape index (κ1) is 23.3. The number of hydrogen-bond donors (Lipinski definition) is 0. The lowest BCUT2D eigenvalue weighted by atomic mass is 9.97. The summed E-state index contributed by atoms with van der Waals surface area (Å²) in [5.41, 5.74) is 2.69. The lowest BCUT2D eigenvalue weighted by Crippen LogP contribution is -2.31. The van der Waals surface area contributed by atoms with Crippen LogP contribution in [0.25, 0.3) is 10.8 Å². The van der Waals surface area contributed by atoms with Crippen molar-refractivity contribution in [1.82, 2.24) is 14.8 Å². The van der Waals surface area contributed by atoms with Gasteiger partial charge in [0, 0.05) is 18.8 Å². The maximum Gasteiger partial charge on any atom is 0.308 e. The Morgan fingerprint density at radius 3 is 2.56 bits per heavy atom. The molecule has 36 heavy (non-hydrogen) atoms. The van der Waals surface area contributed by atoms with Crippen molar-refractivity contribution in [2.24, 2.45) is 5.10 Å². The van der Waals surface area contributed by atoms with Crippen molar-refractivity contribution in [2.75, 3.05) is 13.7 Å². The number of aromatic nitrogens is 2. The van der Waals surface area contributed by atoms with E-state index in [1.165, 1.54) is 5.01 Å². The van der Waals surface area contributed by atoms with Crippen LogP contribution in [0.3, 0.4) is 0 Å². The molecule has 0 saturated carbocycles. The van der Waals surface area contributed by atoms with Gasteiger partial charge in [0.2, 0.25) is 0 Å². The fourth-order valence-corrected chi connectivity index (χ4v) is 4.29. The number of hydrogen-bond acceptors (Lipinski definition) is 6. The van der Waals surface area contributed by atoms with Gasteiger partial charge in [0.15, 0.2) is 6.61 Å². The molecule has 182 valence electrons. The Morgan fingerprint density at radius 1 is 1.00 bits per heavy atom. The quantitative estimate of drug-likeness (QED) is 0.349. The van der Waals surface area contributed by atoms with E-state index in [1.807, 2.05) is 42.5 Å². The number of benzene rings is 3. The third-order valence-electron chi connectivity index (χ3n) is 6.21. The Bertz CT molecular complexity index is 1400. The molecule has 2 heterocycles. The van der Waals surface area contributed by atoms with Gasteiger partial charge in [-0.05, 0) is 46.2 Å². The molecule has 8 nitrogen and oxygen atoms in total. The van der Waals surface area contributed by atoms with Crippen molar-refractivity contribution in [3.05, 3.63) is 96.3 Å². The van der Waals surface area contributed by atoms with Gasteiger partial charge in [-0.3, -0.25) is 14.3 Å². The van der Waals surface area contributed by atoms with Crippen LogP contribution < -0.4 is 4.74 Å². The molecule has 0 radical (unpaired) electrons. The predicted molar refractivity (Wildman–Crippen MR) is 135 cm³/mol. The van der Waals surface area contributed by atoms with Crippen LogP contribution in [0.15, 0.2) is 90.3 Å². The topological polar surface area (TPSA) is 86.0 Å². The summed E-state index contributed by atoms with van der Waals surface area (Å²) in [7, 11) is 1.61. The average molecular weight is 483 g/mol. The number of aryl methyl sites for hydroxylation is 1. The third-order valence-corrected chi connectivity index (χ3v) is 6.21. The molecular formula is C28H26N4O4. The number of rotatable bonds is 8. The van der Waals surface area contributed by atoms with E-state index in [0.29, 0.717) is 13.0 Å². The van der Waals surface area contributed by atoms with Crippen molar-refractivity contribution >= 4 is 28.4 Å². The van der Waals surface area contributed by atoms with Crippen molar-refractivity contribution in [2.45, 2.75) is 25.4 Å². The molecule has 1 aliphatic heterocycles. The van der Waals surface area contributed by atoms with Gasteiger partial charge >= 0.3 is 5.97 Å². The summed E-state index contributed by atoms with van der Waals surface area (Å²) >= 11 is 0. The van der Waals surface area contributed by atoms with Crippen LogP contribution in [-0.4, -0.2) is 46.1 Å². The van der Waals surface area contributed by atoms with Crippen LogP contribution in [0.2, 0.25) is 0 Å². The van der Waals surface area contributed by atoms with Gasteiger partial charge in [-0.15, -0.1) is 0 Å². The number of ether oxygens (including phenoxy) is 2. The van der Waals surface area contributed by atoms with Gasteiger partial charge < -0.3 is 9.47 Å². The summed E-state index contributed by atoms with van der Waals surface area (Å²) < 4.78 is 12.2. The van der Waals surface area contributed by atoms with E-state index < -0.39 is 5.97 Å². The second-order valence-corrected chi connectivity index (χ2v) is 8.52. The first-order valence-electron chi connectivity index (χ1n) is 11.8. The lowest BCUT2D eigenvalue weighted by molar-refractivity contribution is -0.153. The highest BCUT2D eigenvalue weighted by Gasteiger charge is 2.33. The largest absolute Gasteiger partial charge is 0.497 e. The summed E-state index contributed by atoms with van der Waals surface area (Å²) in [6.45, 7) is 0.0154. The van der Waals surface area contributed by atoms with E-state index in [1.54, 1.807) is 30.3 Å². The highest BCUT2D eigenvalue weighted by atomic mass is 16.5. The maximum absolute atomic E-state index is 13.2. The van der Waals surface area contributed by atoms with Gasteiger partial charge in [0.25, 0.3) is 5.91 Å². The van der Waals surface area contributed by atoms with Crippen molar-refractivity contribution in [3.8, 4) is 5.75 Å². The Morgan fingerprint density at radius 2 is 1.81 bits per heavy atom. The standard InChI is InChI=1S/C28H26N4O4/c1-35-24-11-9-21(10-12-24)26-18-25(23-8-7-20-5-2-3-6-22(20)17-23)30-32(26)27(33)19-36-28(34)13-16-31-15-4-14-29-31/h2-12,14-15,17,26H,13,16,18-19H2,1H3/t26-/m1/s1. The first-order valence-corrected chi connectivity index (χ1v) is 11.8. The second-order valence-electron chi connectivity index (χ2n) is 8.52. The third kappa shape index (κ3) is 5.12.